The summed E-state index contributed by atoms with van der Waals surface area (Å²) in [5, 5.41) is 0. The third-order valence-electron chi connectivity index (χ3n) is 4.97. The van der Waals surface area contributed by atoms with Crippen LogP contribution in [-0.2, 0) is 28.7 Å². The molecule has 1 aliphatic heterocycles. The fourth-order valence-corrected chi connectivity index (χ4v) is 3.29. The number of rotatable bonds is 6. The lowest BCUT2D eigenvalue weighted by Crippen LogP contribution is -2.47. The first kappa shape index (κ1) is 21.7. The topological polar surface area (TPSA) is 55.8 Å². The molecule has 1 aliphatic rings. The number of ether oxygens (including phenoxy) is 2. The van der Waals surface area contributed by atoms with E-state index < -0.39 is 23.8 Å². The number of fused-ring (bicyclic) bond motifs is 1. The maximum absolute atomic E-state index is 12.8. The Morgan fingerprint density at radius 2 is 1.87 bits per heavy atom. The molecule has 0 aliphatic carbocycles. The van der Waals surface area contributed by atoms with Gasteiger partial charge in [-0.15, -0.1) is 0 Å². The number of amides is 1. The Bertz CT molecular complexity index is 925. The van der Waals surface area contributed by atoms with Gasteiger partial charge in [-0.3, -0.25) is 4.79 Å². The zero-order valence-electron chi connectivity index (χ0n) is 16.7. The molecule has 1 heterocycles. The average Bonchev–Trinajstić information content (AvgIpc) is 2.72. The summed E-state index contributed by atoms with van der Waals surface area (Å²) in [6.45, 7) is 4.10. The third kappa shape index (κ3) is 4.75. The molecule has 1 amide bonds. The van der Waals surface area contributed by atoms with E-state index in [1.807, 2.05) is 0 Å². The first-order valence-corrected chi connectivity index (χ1v) is 9.60. The molecule has 30 heavy (non-hydrogen) atoms. The monoisotopic (exact) mass is 421 g/mol. The highest BCUT2D eigenvalue weighted by atomic mass is 19.4. The first-order valence-electron chi connectivity index (χ1n) is 9.60. The first-order chi connectivity index (χ1) is 14.2. The van der Waals surface area contributed by atoms with Crippen LogP contribution in [0.25, 0.3) is 0 Å². The summed E-state index contributed by atoms with van der Waals surface area (Å²) >= 11 is 0. The van der Waals surface area contributed by atoms with Crippen LogP contribution in [-0.4, -0.2) is 36.0 Å². The molecule has 2 aromatic rings. The maximum Gasteiger partial charge on any atom is 0.416 e. The summed E-state index contributed by atoms with van der Waals surface area (Å²) < 4.78 is 48.6. The predicted molar refractivity (Wildman–Crippen MR) is 103 cm³/mol. The molecule has 0 bridgehead atoms. The highest BCUT2D eigenvalue weighted by Gasteiger charge is 2.32. The van der Waals surface area contributed by atoms with Crippen molar-refractivity contribution in [2.45, 2.75) is 39.1 Å². The van der Waals surface area contributed by atoms with E-state index in [0.29, 0.717) is 29.8 Å². The summed E-state index contributed by atoms with van der Waals surface area (Å²) in [5.74, 6) is -0.162. The van der Waals surface area contributed by atoms with Crippen molar-refractivity contribution in [3.8, 4) is 5.75 Å². The maximum atomic E-state index is 12.8. The third-order valence-corrected chi connectivity index (χ3v) is 4.97. The van der Waals surface area contributed by atoms with Gasteiger partial charge in [0.15, 0.2) is 0 Å². The number of alkyl halides is 3. The minimum atomic E-state index is -4.37. The molecule has 0 saturated carbocycles. The smallest absolute Gasteiger partial charge is 0.416 e. The van der Waals surface area contributed by atoms with Crippen LogP contribution in [0.1, 0.15) is 40.9 Å². The van der Waals surface area contributed by atoms with E-state index in [9.17, 15) is 22.8 Å². The second-order valence-corrected chi connectivity index (χ2v) is 6.98. The molecule has 1 atom stereocenters. The highest BCUT2D eigenvalue weighted by molar-refractivity contribution is 5.99. The molecule has 3 rings (SSSR count). The van der Waals surface area contributed by atoms with Gasteiger partial charge in [-0.25, -0.2) is 4.79 Å². The molecule has 160 valence electrons. The van der Waals surface area contributed by atoms with Gasteiger partial charge in [-0.05, 0) is 61.7 Å². The van der Waals surface area contributed by atoms with Crippen LogP contribution < -0.4 is 4.74 Å². The van der Waals surface area contributed by atoms with Gasteiger partial charge in [0.1, 0.15) is 18.4 Å². The number of hydrogen-bond acceptors (Lipinski definition) is 4. The van der Waals surface area contributed by atoms with Crippen LogP contribution in [0.5, 0.6) is 5.75 Å². The lowest BCUT2D eigenvalue weighted by molar-refractivity contribution is -0.148. The van der Waals surface area contributed by atoms with E-state index in [1.54, 1.807) is 32.0 Å². The molecule has 0 fully saturated rings. The highest BCUT2D eigenvalue weighted by Crippen LogP contribution is 2.29. The number of benzene rings is 2. The number of halogens is 3. The van der Waals surface area contributed by atoms with Crippen molar-refractivity contribution in [1.29, 1.82) is 0 Å². The standard InChI is InChI=1S/C22H22F3NO4/c1-3-29-21(28)14(2)26-11-10-16-12-18(8-9-19(16)20(26)27)30-13-15-4-6-17(7-5-15)22(23,24)25/h4-9,12,14H,3,10-11,13H2,1-2H3. The molecule has 1 unspecified atom stereocenters. The Labute approximate surface area is 172 Å². The van der Waals surface area contributed by atoms with Gasteiger partial charge in [0.2, 0.25) is 0 Å². The van der Waals surface area contributed by atoms with Crippen LogP contribution >= 0.6 is 0 Å². The van der Waals surface area contributed by atoms with Gasteiger partial charge in [-0.1, -0.05) is 12.1 Å². The number of esters is 1. The Hall–Kier alpha value is -3.03. The van der Waals surface area contributed by atoms with E-state index in [2.05, 4.69) is 0 Å². The number of carbonyl (C=O) groups is 2. The Kier molecular flexibility index (Phi) is 6.34. The largest absolute Gasteiger partial charge is 0.489 e. The van der Waals surface area contributed by atoms with E-state index in [-0.39, 0.29) is 19.1 Å². The van der Waals surface area contributed by atoms with Gasteiger partial charge >= 0.3 is 12.1 Å². The summed E-state index contributed by atoms with van der Waals surface area (Å²) in [6, 6.07) is 9.15. The summed E-state index contributed by atoms with van der Waals surface area (Å²) in [4.78, 5) is 26.2. The lowest BCUT2D eigenvalue weighted by Gasteiger charge is -2.32. The quantitative estimate of drug-likeness (QED) is 0.655. The normalized spacial score (nSPS) is 14.8. The molecule has 8 heteroatoms. The van der Waals surface area contributed by atoms with Gasteiger partial charge < -0.3 is 14.4 Å². The predicted octanol–water partition coefficient (Wildman–Crippen LogP) is 4.23. The Balaban J connectivity index is 1.66. The number of nitrogens with zero attached hydrogens (tertiary/aromatic N) is 1. The summed E-state index contributed by atoms with van der Waals surface area (Å²) in [6.07, 6.45) is -3.81. The molecule has 0 radical (unpaired) electrons. The van der Waals surface area contributed by atoms with E-state index in [4.69, 9.17) is 9.47 Å². The van der Waals surface area contributed by atoms with Crippen LogP contribution in [0.15, 0.2) is 42.5 Å². The van der Waals surface area contributed by atoms with E-state index >= 15 is 0 Å². The minimum Gasteiger partial charge on any atom is -0.489 e. The fourth-order valence-electron chi connectivity index (χ4n) is 3.29. The van der Waals surface area contributed by atoms with Crippen molar-refractivity contribution in [2.24, 2.45) is 0 Å². The van der Waals surface area contributed by atoms with Crippen molar-refractivity contribution < 1.29 is 32.2 Å². The van der Waals surface area contributed by atoms with Crippen molar-refractivity contribution >= 4 is 11.9 Å². The fraction of sp³-hybridized carbons (Fsp3) is 0.364. The molecule has 0 N–H and O–H groups in total. The lowest BCUT2D eigenvalue weighted by atomic mass is 9.97. The molecule has 0 saturated heterocycles. The molecule has 2 aromatic carbocycles. The average molecular weight is 421 g/mol. The van der Waals surface area contributed by atoms with Crippen molar-refractivity contribution in [3.05, 3.63) is 64.7 Å². The van der Waals surface area contributed by atoms with E-state index in [1.165, 1.54) is 17.0 Å². The van der Waals surface area contributed by atoms with Gasteiger partial charge in [0, 0.05) is 12.1 Å². The van der Waals surface area contributed by atoms with E-state index in [0.717, 1.165) is 17.7 Å². The Morgan fingerprint density at radius 3 is 2.50 bits per heavy atom. The molecule has 5 nitrogen and oxygen atoms in total. The molecular formula is C22H22F3NO4. The zero-order valence-corrected chi connectivity index (χ0v) is 16.7. The number of carbonyl (C=O) groups excluding carboxylic acids is 2. The second-order valence-electron chi connectivity index (χ2n) is 6.98. The molecule has 0 spiro atoms. The SMILES string of the molecule is CCOC(=O)C(C)N1CCc2cc(OCc3ccc(C(F)(F)F)cc3)ccc2C1=O. The van der Waals surface area contributed by atoms with Crippen LogP contribution in [0.3, 0.4) is 0 Å². The zero-order chi connectivity index (χ0) is 21.9. The Morgan fingerprint density at radius 1 is 1.17 bits per heavy atom. The van der Waals surface area contributed by atoms with Crippen molar-refractivity contribution in [1.82, 2.24) is 4.90 Å². The van der Waals surface area contributed by atoms with Crippen molar-refractivity contribution in [3.63, 3.8) is 0 Å². The summed E-state index contributed by atoms with van der Waals surface area (Å²) in [5.41, 5.74) is 1.20. The molecular weight excluding hydrogens is 399 g/mol. The number of hydrogen-bond donors (Lipinski definition) is 0. The van der Waals surface area contributed by atoms with Crippen LogP contribution in [0, 0.1) is 0 Å². The van der Waals surface area contributed by atoms with Crippen LogP contribution in [0.2, 0.25) is 0 Å². The second kappa shape index (κ2) is 8.77. The van der Waals surface area contributed by atoms with Gasteiger partial charge in [0.25, 0.3) is 5.91 Å². The summed E-state index contributed by atoms with van der Waals surface area (Å²) in [7, 11) is 0. The van der Waals surface area contributed by atoms with Crippen molar-refractivity contribution in [2.75, 3.05) is 13.2 Å². The van der Waals surface area contributed by atoms with Crippen LogP contribution in [0.4, 0.5) is 13.2 Å². The minimum absolute atomic E-state index is 0.108. The van der Waals surface area contributed by atoms with Gasteiger partial charge in [-0.2, -0.15) is 13.2 Å². The molecule has 0 aromatic heterocycles. The van der Waals surface area contributed by atoms with Gasteiger partial charge in [0.05, 0.1) is 12.2 Å².